The molecule has 0 bridgehead atoms. The summed E-state index contributed by atoms with van der Waals surface area (Å²) in [5.41, 5.74) is 10.5. The summed E-state index contributed by atoms with van der Waals surface area (Å²) < 4.78 is 12.8. The molecule has 236 valence electrons. The van der Waals surface area contributed by atoms with Gasteiger partial charge in [-0.15, -0.1) is 10.2 Å². The van der Waals surface area contributed by atoms with Crippen LogP contribution in [0, 0.1) is 5.41 Å². The second-order valence-corrected chi connectivity index (χ2v) is 12.2. The van der Waals surface area contributed by atoms with Crippen molar-refractivity contribution in [3.8, 4) is 17.0 Å². The van der Waals surface area contributed by atoms with Gasteiger partial charge in [0.05, 0.1) is 28.4 Å². The number of fused-ring (bicyclic) bond motifs is 1. The first-order valence-corrected chi connectivity index (χ1v) is 15.2. The number of carboxylic acids is 1. The van der Waals surface area contributed by atoms with Crippen molar-refractivity contribution < 1.29 is 19.4 Å². The number of methoxy groups -OCH3 is 1. The van der Waals surface area contributed by atoms with E-state index < -0.39 is 11.4 Å². The maximum absolute atomic E-state index is 11.5. The number of rotatable bonds is 10. The highest BCUT2D eigenvalue weighted by Crippen LogP contribution is 2.34. The minimum Gasteiger partial charge on any atom is -0.481 e. The molecule has 0 saturated carbocycles. The van der Waals surface area contributed by atoms with Crippen LogP contribution in [0.4, 0.5) is 11.8 Å². The van der Waals surface area contributed by atoms with Crippen LogP contribution in [-0.2, 0) is 9.53 Å². The standard InChI is InChI=1S/C32H39N9O4/c1-32(2,30(42)43)19-39-14-9-21(10-15-39)24-8-13-34-31(35-24)40-16-11-22(12-17-40)41-26-18-25(36-37-28(26)29(33)38-41)23-6-4-5-7-27(23)45-20-44-3/h4-9,13,18,22H,10-12,14-17,19-20H2,1-3H3,(H2,33,38)(H,42,43). The highest BCUT2D eigenvalue weighted by atomic mass is 16.7. The van der Waals surface area contributed by atoms with Gasteiger partial charge in [0.25, 0.3) is 0 Å². The van der Waals surface area contributed by atoms with Crippen LogP contribution in [0.3, 0.4) is 0 Å². The third kappa shape index (κ3) is 6.45. The Labute approximate surface area is 261 Å². The van der Waals surface area contributed by atoms with Crippen LogP contribution in [0.15, 0.2) is 48.7 Å². The molecule has 3 N–H and O–H groups in total. The van der Waals surface area contributed by atoms with Gasteiger partial charge >= 0.3 is 5.97 Å². The second kappa shape index (κ2) is 12.8. The van der Waals surface area contributed by atoms with Crippen molar-refractivity contribution in [2.45, 2.75) is 39.2 Å². The number of para-hydroxylation sites is 1. The number of nitrogens with two attached hydrogens (primary N) is 1. The molecule has 6 rings (SSSR count). The fourth-order valence-corrected chi connectivity index (χ4v) is 6.00. The van der Waals surface area contributed by atoms with Gasteiger partial charge < -0.3 is 25.2 Å². The third-order valence-corrected chi connectivity index (χ3v) is 8.53. The molecule has 0 unspecified atom stereocenters. The monoisotopic (exact) mass is 613 g/mol. The first-order valence-electron chi connectivity index (χ1n) is 15.2. The van der Waals surface area contributed by atoms with Crippen LogP contribution in [0.1, 0.15) is 44.8 Å². The lowest BCUT2D eigenvalue weighted by Crippen LogP contribution is -2.41. The molecule has 45 heavy (non-hydrogen) atoms. The molecule has 3 aromatic heterocycles. The Kier molecular flexibility index (Phi) is 8.63. The molecular weight excluding hydrogens is 574 g/mol. The predicted octanol–water partition coefficient (Wildman–Crippen LogP) is 3.89. The smallest absolute Gasteiger partial charge is 0.310 e. The maximum atomic E-state index is 11.5. The van der Waals surface area contributed by atoms with Crippen molar-refractivity contribution in [2.24, 2.45) is 5.41 Å². The van der Waals surface area contributed by atoms with E-state index >= 15 is 0 Å². The van der Waals surface area contributed by atoms with Gasteiger partial charge in [-0.3, -0.25) is 14.4 Å². The zero-order valence-electron chi connectivity index (χ0n) is 25.9. The van der Waals surface area contributed by atoms with Crippen LogP contribution < -0.4 is 15.4 Å². The van der Waals surface area contributed by atoms with E-state index in [0.29, 0.717) is 41.8 Å². The summed E-state index contributed by atoms with van der Waals surface area (Å²) in [7, 11) is 1.58. The molecule has 0 radical (unpaired) electrons. The Morgan fingerprint density at radius 1 is 1.11 bits per heavy atom. The molecule has 4 aromatic rings. The molecule has 0 aliphatic carbocycles. The molecule has 2 aliphatic rings. The third-order valence-electron chi connectivity index (χ3n) is 8.53. The number of carbonyl (C=O) groups is 1. The topological polar surface area (TPSA) is 158 Å². The number of anilines is 2. The summed E-state index contributed by atoms with van der Waals surface area (Å²) in [6.07, 6.45) is 6.47. The lowest BCUT2D eigenvalue weighted by atomic mass is 9.92. The average molecular weight is 614 g/mol. The lowest BCUT2D eigenvalue weighted by Gasteiger charge is -2.33. The van der Waals surface area contributed by atoms with Crippen molar-refractivity contribution in [2.75, 3.05) is 57.3 Å². The zero-order valence-corrected chi connectivity index (χ0v) is 25.9. The van der Waals surface area contributed by atoms with E-state index in [1.54, 1.807) is 21.0 Å². The van der Waals surface area contributed by atoms with Gasteiger partial charge in [0.15, 0.2) is 18.1 Å². The van der Waals surface area contributed by atoms with Crippen LogP contribution in [0.5, 0.6) is 5.75 Å². The normalized spacial score (nSPS) is 16.6. The summed E-state index contributed by atoms with van der Waals surface area (Å²) in [5.74, 6) is 0.953. The first kappa shape index (κ1) is 30.4. The number of hydrogen-bond acceptors (Lipinski definition) is 11. The van der Waals surface area contributed by atoms with Gasteiger partial charge in [-0.1, -0.05) is 18.2 Å². The number of benzene rings is 1. The molecule has 5 heterocycles. The lowest BCUT2D eigenvalue weighted by molar-refractivity contribution is -0.147. The number of carboxylic acid groups (broad SMARTS) is 1. The number of ether oxygens (including phenoxy) is 2. The number of piperidine rings is 1. The zero-order chi connectivity index (χ0) is 31.6. The molecule has 2 aliphatic heterocycles. The second-order valence-electron chi connectivity index (χ2n) is 12.2. The van der Waals surface area contributed by atoms with Crippen molar-refractivity contribution in [1.82, 2.24) is 34.8 Å². The fraction of sp³-hybridized carbons (Fsp3) is 0.438. The molecule has 1 fully saturated rings. The molecule has 1 aromatic carbocycles. The van der Waals surface area contributed by atoms with E-state index in [2.05, 4.69) is 36.2 Å². The van der Waals surface area contributed by atoms with Crippen LogP contribution in [0.2, 0.25) is 0 Å². The Bertz CT molecular complexity index is 1710. The summed E-state index contributed by atoms with van der Waals surface area (Å²) in [6, 6.07) is 11.7. The molecule has 13 nitrogen and oxygen atoms in total. The van der Waals surface area contributed by atoms with E-state index in [-0.39, 0.29) is 12.8 Å². The van der Waals surface area contributed by atoms with E-state index in [1.165, 1.54) is 5.57 Å². The predicted molar refractivity (Wildman–Crippen MR) is 171 cm³/mol. The van der Waals surface area contributed by atoms with E-state index in [1.807, 2.05) is 47.3 Å². The van der Waals surface area contributed by atoms with Gasteiger partial charge in [0, 0.05) is 51.6 Å². The van der Waals surface area contributed by atoms with Crippen molar-refractivity contribution >= 4 is 34.3 Å². The van der Waals surface area contributed by atoms with Gasteiger partial charge in [0.2, 0.25) is 5.95 Å². The molecule has 13 heteroatoms. The van der Waals surface area contributed by atoms with E-state index in [0.717, 1.165) is 55.7 Å². The molecule has 0 spiro atoms. The van der Waals surface area contributed by atoms with Gasteiger partial charge in [0.1, 0.15) is 5.75 Å². The summed E-state index contributed by atoms with van der Waals surface area (Å²) in [6.45, 7) is 7.22. The van der Waals surface area contributed by atoms with Crippen molar-refractivity contribution in [1.29, 1.82) is 0 Å². The van der Waals surface area contributed by atoms with E-state index in [9.17, 15) is 9.90 Å². The first-order chi connectivity index (χ1) is 21.7. The molecular formula is C32H39N9O4. The van der Waals surface area contributed by atoms with Crippen molar-refractivity contribution in [3.05, 3.63) is 54.4 Å². The minimum absolute atomic E-state index is 0.128. The van der Waals surface area contributed by atoms with Crippen LogP contribution in [-0.4, -0.2) is 92.5 Å². The molecule has 0 amide bonds. The SMILES string of the molecule is COCOc1ccccc1-c1cc2c(nn1)c(N)nn2C1CCN(c2nccc(C3=CCN(CC(C)(C)C(=O)O)CC3)n2)CC1. The number of hydrogen-bond donors (Lipinski definition) is 2. The summed E-state index contributed by atoms with van der Waals surface area (Å²) >= 11 is 0. The van der Waals surface area contributed by atoms with Crippen LogP contribution >= 0.6 is 0 Å². The summed E-state index contributed by atoms with van der Waals surface area (Å²) in [5, 5.41) is 23.0. The maximum Gasteiger partial charge on any atom is 0.310 e. The van der Waals surface area contributed by atoms with Crippen LogP contribution in [0.25, 0.3) is 27.9 Å². The van der Waals surface area contributed by atoms with Crippen molar-refractivity contribution in [3.63, 3.8) is 0 Å². The quantitative estimate of drug-likeness (QED) is 0.249. The van der Waals surface area contributed by atoms with Gasteiger partial charge in [-0.2, -0.15) is 5.10 Å². The number of nitrogen functional groups attached to an aromatic ring is 1. The Hall–Kier alpha value is -4.62. The minimum atomic E-state index is -0.784. The Morgan fingerprint density at radius 2 is 1.91 bits per heavy atom. The molecule has 0 atom stereocenters. The van der Waals surface area contributed by atoms with Gasteiger partial charge in [-0.25, -0.2) is 9.97 Å². The largest absolute Gasteiger partial charge is 0.481 e. The van der Waals surface area contributed by atoms with Gasteiger partial charge in [-0.05, 0) is 62.9 Å². The molecule has 1 saturated heterocycles. The summed E-state index contributed by atoms with van der Waals surface area (Å²) in [4.78, 5) is 25.5. The highest BCUT2D eigenvalue weighted by Gasteiger charge is 2.31. The number of nitrogens with zero attached hydrogens (tertiary/aromatic N) is 8. The highest BCUT2D eigenvalue weighted by molar-refractivity contribution is 5.87. The number of aromatic nitrogens is 6. The Morgan fingerprint density at radius 3 is 2.64 bits per heavy atom. The Balaban J connectivity index is 1.15. The fourth-order valence-electron chi connectivity index (χ4n) is 6.00. The number of aliphatic carboxylic acids is 1. The van der Waals surface area contributed by atoms with E-state index in [4.69, 9.17) is 20.2 Å². The average Bonchev–Trinajstić information content (AvgIpc) is 3.39.